The second kappa shape index (κ2) is 10.2. The number of aromatic nitrogens is 1. The van der Waals surface area contributed by atoms with E-state index >= 15 is 0 Å². The van der Waals surface area contributed by atoms with Gasteiger partial charge >= 0.3 is 0 Å². The number of rotatable bonds is 7. The van der Waals surface area contributed by atoms with E-state index in [1.54, 1.807) is 24.3 Å². The first-order chi connectivity index (χ1) is 17.5. The number of thiazole rings is 1. The van der Waals surface area contributed by atoms with Crippen molar-refractivity contribution in [3.8, 4) is 11.3 Å². The Labute approximate surface area is 221 Å². The highest BCUT2D eigenvalue weighted by Gasteiger charge is 2.42. The molecule has 1 aliphatic heterocycles. The number of nitrogens with zero attached hydrogens (tertiary/aromatic N) is 2. The van der Waals surface area contributed by atoms with Gasteiger partial charge in [0.15, 0.2) is 5.13 Å². The van der Waals surface area contributed by atoms with Gasteiger partial charge in [-0.25, -0.2) is 4.98 Å². The van der Waals surface area contributed by atoms with Crippen LogP contribution >= 0.6 is 27.3 Å². The van der Waals surface area contributed by atoms with Crippen LogP contribution < -0.4 is 5.32 Å². The smallest absolute Gasteiger partial charge is 0.262 e. The van der Waals surface area contributed by atoms with E-state index in [2.05, 4.69) is 21.2 Å². The van der Waals surface area contributed by atoms with Crippen molar-refractivity contribution in [3.05, 3.63) is 105 Å². The molecule has 4 aromatic rings. The van der Waals surface area contributed by atoms with E-state index in [9.17, 15) is 14.4 Å². The van der Waals surface area contributed by atoms with E-state index in [-0.39, 0.29) is 6.42 Å². The first-order valence-corrected chi connectivity index (χ1v) is 13.1. The maximum absolute atomic E-state index is 13.6. The fourth-order valence-electron chi connectivity index (χ4n) is 4.30. The molecule has 1 aliphatic rings. The normalized spacial score (nSPS) is 13.6. The molecule has 0 aliphatic carbocycles. The number of anilines is 1. The van der Waals surface area contributed by atoms with Crippen molar-refractivity contribution in [1.82, 2.24) is 9.88 Å². The van der Waals surface area contributed by atoms with Crippen LogP contribution in [0.2, 0.25) is 0 Å². The van der Waals surface area contributed by atoms with Crippen LogP contribution in [0.5, 0.6) is 0 Å². The van der Waals surface area contributed by atoms with Crippen molar-refractivity contribution < 1.29 is 14.4 Å². The number of nitrogens with one attached hydrogen (secondary N) is 1. The van der Waals surface area contributed by atoms with E-state index < -0.39 is 23.8 Å². The zero-order chi connectivity index (χ0) is 25.2. The lowest BCUT2D eigenvalue weighted by Gasteiger charge is -2.25. The van der Waals surface area contributed by atoms with Crippen LogP contribution in [0.4, 0.5) is 5.13 Å². The SMILES string of the molecule is CCc1sc(NC(=O)C(Cc2ccccc2)N2C(=O)c3ccccc3C2=O)nc1-c1ccc(Br)cc1. The van der Waals surface area contributed by atoms with Gasteiger partial charge in [0, 0.05) is 21.3 Å². The lowest BCUT2D eigenvalue weighted by Crippen LogP contribution is -2.48. The van der Waals surface area contributed by atoms with Gasteiger partial charge in [-0.3, -0.25) is 19.3 Å². The number of hydrogen-bond acceptors (Lipinski definition) is 5. The van der Waals surface area contributed by atoms with Crippen LogP contribution in [-0.4, -0.2) is 33.6 Å². The molecule has 1 atom stereocenters. The van der Waals surface area contributed by atoms with Crippen molar-refractivity contribution in [3.63, 3.8) is 0 Å². The minimum Gasteiger partial charge on any atom is -0.300 e. The summed E-state index contributed by atoms with van der Waals surface area (Å²) in [4.78, 5) is 46.9. The summed E-state index contributed by atoms with van der Waals surface area (Å²) in [6, 6.07) is 22.9. The molecule has 8 heteroatoms. The third-order valence-electron chi connectivity index (χ3n) is 6.08. The predicted octanol–water partition coefficient (Wildman–Crippen LogP) is 5.98. The van der Waals surface area contributed by atoms with Crippen LogP contribution in [0.1, 0.15) is 38.1 Å². The Hall–Kier alpha value is -3.62. The molecule has 0 saturated heterocycles. The molecule has 3 amide bonds. The molecule has 0 fully saturated rings. The molecule has 0 radical (unpaired) electrons. The zero-order valence-corrected chi connectivity index (χ0v) is 21.8. The van der Waals surface area contributed by atoms with Gasteiger partial charge in [-0.2, -0.15) is 0 Å². The summed E-state index contributed by atoms with van der Waals surface area (Å²) < 4.78 is 0.970. The predicted molar refractivity (Wildman–Crippen MR) is 144 cm³/mol. The van der Waals surface area contributed by atoms with Gasteiger partial charge in [0.1, 0.15) is 6.04 Å². The Morgan fingerprint density at radius 1 is 0.944 bits per heavy atom. The number of imide groups is 1. The molecule has 0 spiro atoms. The molecule has 36 heavy (non-hydrogen) atoms. The Morgan fingerprint density at radius 3 is 2.17 bits per heavy atom. The fraction of sp³-hybridized carbons (Fsp3) is 0.143. The minimum atomic E-state index is -1.02. The lowest BCUT2D eigenvalue weighted by molar-refractivity contribution is -0.119. The summed E-state index contributed by atoms with van der Waals surface area (Å²) >= 11 is 4.85. The summed E-state index contributed by atoms with van der Waals surface area (Å²) in [5, 5.41) is 3.33. The molecule has 180 valence electrons. The van der Waals surface area contributed by atoms with Crippen LogP contribution in [0.25, 0.3) is 11.3 Å². The number of benzene rings is 3. The Bertz CT molecular complexity index is 1420. The maximum Gasteiger partial charge on any atom is 0.262 e. The quantitative estimate of drug-likeness (QED) is 0.282. The molecule has 1 aromatic heterocycles. The number of hydrogen-bond donors (Lipinski definition) is 1. The number of aryl methyl sites for hydroxylation is 1. The topological polar surface area (TPSA) is 79.4 Å². The van der Waals surface area contributed by atoms with Crippen molar-refractivity contribution in [2.45, 2.75) is 25.8 Å². The largest absolute Gasteiger partial charge is 0.300 e. The van der Waals surface area contributed by atoms with E-state index in [1.165, 1.54) is 11.3 Å². The van der Waals surface area contributed by atoms with E-state index in [4.69, 9.17) is 4.98 Å². The van der Waals surface area contributed by atoms with Crippen LogP contribution in [0, 0.1) is 0 Å². The van der Waals surface area contributed by atoms with Gasteiger partial charge in [0.05, 0.1) is 16.8 Å². The molecule has 1 N–H and O–H groups in total. The minimum absolute atomic E-state index is 0.198. The number of halogens is 1. The average molecular weight is 560 g/mol. The number of carbonyl (C=O) groups excluding carboxylic acids is 3. The molecule has 0 saturated carbocycles. The molecule has 5 rings (SSSR count). The van der Waals surface area contributed by atoms with Crippen molar-refractivity contribution in [2.24, 2.45) is 0 Å². The van der Waals surface area contributed by atoms with Gasteiger partial charge in [-0.05, 0) is 36.2 Å². The highest BCUT2D eigenvalue weighted by Crippen LogP contribution is 2.33. The number of carbonyl (C=O) groups is 3. The molecule has 6 nitrogen and oxygen atoms in total. The second-order valence-electron chi connectivity index (χ2n) is 8.37. The van der Waals surface area contributed by atoms with Crippen LogP contribution in [-0.2, 0) is 17.6 Å². The number of amides is 3. The van der Waals surface area contributed by atoms with Crippen molar-refractivity contribution in [1.29, 1.82) is 0 Å². The maximum atomic E-state index is 13.6. The first kappa shape index (κ1) is 24.1. The monoisotopic (exact) mass is 559 g/mol. The summed E-state index contributed by atoms with van der Waals surface area (Å²) in [5.41, 5.74) is 3.23. The summed E-state index contributed by atoms with van der Waals surface area (Å²) in [7, 11) is 0. The van der Waals surface area contributed by atoms with Crippen LogP contribution in [0.3, 0.4) is 0 Å². The molecule has 1 unspecified atom stereocenters. The van der Waals surface area contributed by atoms with Gasteiger partial charge in [0.25, 0.3) is 11.8 Å². The first-order valence-electron chi connectivity index (χ1n) is 11.5. The molecule has 3 aromatic carbocycles. The third kappa shape index (κ3) is 4.62. The van der Waals surface area contributed by atoms with E-state index in [1.807, 2.05) is 61.5 Å². The average Bonchev–Trinajstić information content (AvgIpc) is 3.42. The highest BCUT2D eigenvalue weighted by molar-refractivity contribution is 9.10. The van der Waals surface area contributed by atoms with E-state index in [0.29, 0.717) is 16.3 Å². The van der Waals surface area contributed by atoms with Crippen molar-refractivity contribution >= 4 is 50.1 Å². The fourth-order valence-corrected chi connectivity index (χ4v) is 5.49. The highest BCUT2D eigenvalue weighted by atomic mass is 79.9. The molecule has 2 heterocycles. The third-order valence-corrected chi connectivity index (χ3v) is 7.72. The lowest BCUT2D eigenvalue weighted by atomic mass is 10.0. The zero-order valence-electron chi connectivity index (χ0n) is 19.4. The summed E-state index contributed by atoms with van der Waals surface area (Å²) in [5.74, 6) is -1.38. The standard InChI is InChI=1S/C28H22BrN3O3S/c1-2-23-24(18-12-14-19(29)15-13-18)30-28(36-23)31-25(33)22(16-17-8-4-3-5-9-17)32-26(34)20-10-6-7-11-21(20)27(32)35/h3-15,22H,2,16H2,1H3,(H,30,31,33). The molecule has 0 bridgehead atoms. The summed E-state index contributed by atoms with van der Waals surface area (Å²) in [6.07, 6.45) is 0.953. The number of fused-ring (bicyclic) bond motifs is 1. The molecular weight excluding hydrogens is 538 g/mol. The Balaban J connectivity index is 1.47. The van der Waals surface area contributed by atoms with Crippen molar-refractivity contribution in [2.75, 3.05) is 5.32 Å². The summed E-state index contributed by atoms with van der Waals surface area (Å²) in [6.45, 7) is 2.04. The second-order valence-corrected chi connectivity index (χ2v) is 10.4. The van der Waals surface area contributed by atoms with Crippen LogP contribution in [0.15, 0.2) is 83.3 Å². The van der Waals surface area contributed by atoms with E-state index in [0.717, 1.165) is 37.5 Å². The Kier molecular flexibility index (Phi) is 6.80. The van der Waals surface area contributed by atoms with Gasteiger partial charge < -0.3 is 5.32 Å². The molecular formula is C28H22BrN3O3S. The van der Waals surface area contributed by atoms with Gasteiger partial charge in [0.2, 0.25) is 5.91 Å². The van der Waals surface area contributed by atoms with Gasteiger partial charge in [-0.1, -0.05) is 77.5 Å². The Morgan fingerprint density at radius 2 is 1.56 bits per heavy atom. The van der Waals surface area contributed by atoms with Gasteiger partial charge in [-0.15, -0.1) is 11.3 Å².